The normalized spacial score (nSPS) is 11.8. The van der Waals surface area contributed by atoms with Crippen LogP contribution in [0.4, 0.5) is 0 Å². The van der Waals surface area contributed by atoms with Gasteiger partial charge in [-0.25, -0.2) is 8.42 Å². The number of aliphatic imine (C=N–C) groups is 1. The molecule has 0 aliphatic carbocycles. The number of rotatable bonds is 6. The topological polar surface area (TPSA) is 70.6 Å². The molecule has 0 aromatic carbocycles. The molecule has 0 atom stereocenters. The second-order valence-electron chi connectivity index (χ2n) is 3.72. The molecule has 0 aliphatic rings. The highest BCUT2D eigenvalue weighted by molar-refractivity contribution is 14.0. The van der Waals surface area contributed by atoms with E-state index in [1.807, 2.05) is 11.4 Å². The lowest BCUT2D eigenvalue weighted by atomic mass is 10.3. The first-order valence-corrected chi connectivity index (χ1v) is 8.50. The fraction of sp³-hybridized carbons (Fsp3) is 0.545. The Bertz CT molecular complexity index is 472. The van der Waals surface area contributed by atoms with Crippen molar-refractivity contribution < 1.29 is 8.42 Å². The SMILES string of the molecule is CCS(=O)(=O)CCNC(=NC)NCc1ccsc1.I. The second kappa shape index (κ2) is 9.54. The molecule has 0 fully saturated rings. The van der Waals surface area contributed by atoms with E-state index in [1.165, 1.54) is 5.56 Å². The minimum absolute atomic E-state index is 0. The van der Waals surface area contributed by atoms with Gasteiger partial charge in [0.05, 0.1) is 5.75 Å². The molecule has 1 heterocycles. The van der Waals surface area contributed by atoms with Crippen molar-refractivity contribution in [2.75, 3.05) is 25.1 Å². The van der Waals surface area contributed by atoms with Gasteiger partial charge in [0.1, 0.15) is 0 Å². The van der Waals surface area contributed by atoms with E-state index < -0.39 is 9.84 Å². The summed E-state index contributed by atoms with van der Waals surface area (Å²) in [7, 11) is -1.26. The van der Waals surface area contributed by atoms with Gasteiger partial charge in [-0.3, -0.25) is 4.99 Å². The Morgan fingerprint density at radius 2 is 2.16 bits per heavy atom. The van der Waals surface area contributed by atoms with Crippen LogP contribution in [0.5, 0.6) is 0 Å². The standard InChI is InChI=1S/C11H19N3O2S2.HI/c1-3-18(15,16)7-5-13-11(12-2)14-8-10-4-6-17-9-10;/h4,6,9H,3,5,7-8H2,1-2H3,(H2,12,13,14);1H. The molecule has 110 valence electrons. The van der Waals surface area contributed by atoms with E-state index in [1.54, 1.807) is 25.3 Å². The largest absolute Gasteiger partial charge is 0.355 e. The predicted molar refractivity (Wildman–Crippen MR) is 92.3 cm³/mol. The second-order valence-corrected chi connectivity index (χ2v) is 6.97. The van der Waals surface area contributed by atoms with Gasteiger partial charge < -0.3 is 10.6 Å². The van der Waals surface area contributed by atoms with E-state index in [9.17, 15) is 8.42 Å². The van der Waals surface area contributed by atoms with Crippen LogP contribution in [0.2, 0.25) is 0 Å². The molecular weight excluding hydrogens is 397 g/mol. The Hall–Kier alpha value is -0.350. The Morgan fingerprint density at radius 1 is 1.42 bits per heavy atom. The van der Waals surface area contributed by atoms with Gasteiger partial charge in [0.2, 0.25) is 0 Å². The molecule has 0 aliphatic heterocycles. The van der Waals surface area contributed by atoms with Gasteiger partial charge in [-0.2, -0.15) is 11.3 Å². The average molecular weight is 417 g/mol. The molecular formula is C11H20IN3O2S2. The monoisotopic (exact) mass is 417 g/mol. The first kappa shape index (κ1) is 18.7. The minimum atomic E-state index is -2.93. The summed E-state index contributed by atoms with van der Waals surface area (Å²) in [6.07, 6.45) is 0. The molecule has 0 spiro atoms. The lowest BCUT2D eigenvalue weighted by Gasteiger charge is -2.11. The molecule has 1 rings (SSSR count). The van der Waals surface area contributed by atoms with Crippen LogP contribution in [0, 0.1) is 0 Å². The molecule has 0 saturated carbocycles. The van der Waals surface area contributed by atoms with E-state index in [0.29, 0.717) is 19.0 Å². The van der Waals surface area contributed by atoms with E-state index in [2.05, 4.69) is 21.0 Å². The molecule has 0 unspecified atom stereocenters. The number of thiophene rings is 1. The molecule has 2 N–H and O–H groups in total. The Labute approximate surface area is 135 Å². The zero-order chi connectivity index (χ0) is 13.4. The van der Waals surface area contributed by atoms with Crippen molar-refractivity contribution >= 4 is 51.1 Å². The van der Waals surface area contributed by atoms with Crippen LogP contribution in [0.25, 0.3) is 0 Å². The minimum Gasteiger partial charge on any atom is -0.355 e. The zero-order valence-electron chi connectivity index (χ0n) is 11.0. The van der Waals surface area contributed by atoms with Crippen LogP contribution in [-0.2, 0) is 16.4 Å². The fourth-order valence-corrected chi connectivity index (χ4v) is 2.64. The van der Waals surface area contributed by atoms with Crippen molar-refractivity contribution in [1.82, 2.24) is 10.6 Å². The molecule has 1 aromatic rings. The summed E-state index contributed by atoms with van der Waals surface area (Å²) in [5.74, 6) is 0.922. The first-order valence-electron chi connectivity index (χ1n) is 5.73. The van der Waals surface area contributed by atoms with Gasteiger partial charge in [0.15, 0.2) is 15.8 Å². The van der Waals surface area contributed by atoms with E-state index >= 15 is 0 Å². The van der Waals surface area contributed by atoms with Crippen molar-refractivity contribution in [3.05, 3.63) is 22.4 Å². The highest BCUT2D eigenvalue weighted by Crippen LogP contribution is 2.04. The number of guanidine groups is 1. The van der Waals surface area contributed by atoms with E-state index in [0.717, 1.165) is 0 Å². The quantitative estimate of drug-likeness (QED) is 0.418. The molecule has 5 nitrogen and oxygen atoms in total. The van der Waals surface area contributed by atoms with Gasteiger partial charge in [0.25, 0.3) is 0 Å². The molecule has 19 heavy (non-hydrogen) atoms. The van der Waals surface area contributed by atoms with Crippen LogP contribution in [0.15, 0.2) is 21.8 Å². The van der Waals surface area contributed by atoms with Crippen molar-refractivity contribution in [2.45, 2.75) is 13.5 Å². The van der Waals surface area contributed by atoms with Crippen LogP contribution in [-0.4, -0.2) is 39.5 Å². The van der Waals surface area contributed by atoms with Crippen molar-refractivity contribution in [3.63, 3.8) is 0 Å². The van der Waals surface area contributed by atoms with Crippen LogP contribution < -0.4 is 10.6 Å². The van der Waals surface area contributed by atoms with Gasteiger partial charge in [-0.15, -0.1) is 24.0 Å². The maximum Gasteiger partial charge on any atom is 0.191 e. The highest BCUT2D eigenvalue weighted by Gasteiger charge is 2.07. The highest BCUT2D eigenvalue weighted by atomic mass is 127. The lowest BCUT2D eigenvalue weighted by molar-refractivity contribution is 0.595. The number of nitrogens with zero attached hydrogens (tertiary/aromatic N) is 1. The van der Waals surface area contributed by atoms with Crippen LogP contribution in [0.3, 0.4) is 0 Å². The number of hydrogen-bond donors (Lipinski definition) is 2. The third-order valence-corrected chi connectivity index (χ3v) is 4.85. The number of halogens is 1. The third kappa shape index (κ3) is 7.73. The Morgan fingerprint density at radius 3 is 2.68 bits per heavy atom. The van der Waals surface area contributed by atoms with Gasteiger partial charge >= 0.3 is 0 Å². The lowest BCUT2D eigenvalue weighted by Crippen LogP contribution is -2.39. The molecule has 0 amide bonds. The van der Waals surface area contributed by atoms with E-state index in [4.69, 9.17) is 0 Å². The first-order chi connectivity index (χ1) is 8.57. The van der Waals surface area contributed by atoms with Crippen molar-refractivity contribution in [2.24, 2.45) is 4.99 Å². The molecule has 0 radical (unpaired) electrons. The fourth-order valence-electron chi connectivity index (χ4n) is 1.27. The molecule has 0 bridgehead atoms. The smallest absolute Gasteiger partial charge is 0.191 e. The molecule has 1 aromatic heterocycles. The summed E-state index contributed by atoms with van der Waals surface area (Å²) in [4.78, 5) is 4.04. The van der Waals surface area contributed by atoms with Crippen LogP contribution in [0.1, 0.15) is 12.5 Å². The zero-order valence-corrected chi connectivity index (χ0v) is 15.0. The predicted octanol–water partition coefficient (Wildman–Crippen LogP) is 1.47. The number of sulfone groups is 1. The summed E-state index contributed by atoms with van der Waals surface area (Å²) in [5, 5.41) is 10.2. The van der Waals surface area contributed by atoms with Crippen molar-refractivity contribution in [3.8, 4) is 0 Å². The van der Waals surface area contributed by atoms with E-state index in [-0.39, 0.29) is 35.5 Å². The summed E-state index contributed by atoms with van der Waals surface area (Å²) in [6.45, 7) is 2.71. The maximum atomic E-state index is 11.3. The summed E-state index contributed by atoms with van der Waals surface area (Å²) < 4.78 is 22.6. The number of hydrogen-bond acceptors (Lipinski definition) is 4. The third-order valence-electron chi connectivity index (χ3n) is 2.41. The van der Waals surface area contributed by atoms with Gasteiger partial charge in [0, 0.05) is 25.9 Å². The van der Waals surface area contributed by atoms with Gasteiger partial charge in [-0.1, -0.05) is 6.92 Å². The Kier molecular flexibility index (Phi) is 9.36. The number of nitrogens with one attached hydrogen (secondary N) is 2. The summed E-state index contributed by atoms with van der Waals surface area (Å²) >= 11 is 1.64. The Balaban J connectivity index is 0.00000324. The van der Waals surface area contributed by atoms with Gasteiger partial charge in [-0.05, 0) is 22.4 Å². The summed E-state index contributed by atoms with van der Waals surface area (Å²) in [6, 6.07) is 2.03. The van der Waals surface area contributed by atoms with Crippen molar-refractivity contribution in [1.29, 1.82) is 0 Å². The molecule has 0 saturated heterocycles. The average Bonchev–Trinajstić information content (AvgIpc) is 2.86. The molecule has 8 heteroatoms. The van der Waals surface area contributed by atoms with Crippen LogP contribution >= 0.6 is 35.3 Å². The maximum absolute atomic E-state index is 11.3. The summed E-state index contributed by atoms with van der Waals surface area (Å²) in [5.41, 5.74) is 1.18.